The van der Waals surface area contributed by atoms with Crippen LogP contribution in [0.1, 0.15) is 19.3 Å². The van der Waals surface area contributed by atoms with Crippen LogP contribution in [0, 0.1) is 0 Å². The molecule has 6 heteroatoms. The van der Waals surface area contributed by atoms with Gasteiger partial charge in [0, 0.05) is 36.0 Å². The first-order valence-electron chi connectivity index (χ1n) is 7.26. The van der Waals surface area contributed by atoms with E-state index in [9.17, 15) is 9.59 Å². The van der Waals surface area contributed by atoms with Crippen molar-refractivity contribution < 1.29 is 9.59 Å². The fourth-order valence-corrected chi connectivity index (χ4v) is 3.57. The second-order valence-electron chi connectivity index (χ2n) is 5.31. The molecule has 0 aromatic heterocycles. The number of amides is 2. The lowest BCUT2D eigenvalue weighted by molar-refractivity contribution is -0.119. The summed E-state index contributed by atoms with van der Waals surface area (Å²) in [7, 11) is 0. The van der Waals surface area contributed by atoms with Gasteiger partial charge in [-0.15, -0.1) is 11.8 Å². The van der Waals surface area contributed by atoms with E-state index in [0.717, 1.165) is 42.4 Å². The highest BCUT2D eigenvalue weighted by atomic mass is 32.2. The maximum atomic E-state index is 12.1. The third kappa shape index (κ3) is 3.39. The van der Waals surface area contributed by atoms with Gasteiger partial charge in [-0.1, -0.05) is 6.07 Å². The van der Waals surface area contributed by atoms with Crippen molar-refractivity contribution in [2.24, 2.45) is 0 Å². The molecule has 1 unspecified atom stereocenters. The summed E-state index contributed by atoms with van der Waals surface area (Å²) in [6.07, 6.45) is 2.61. The number of nitrogens with zero attached hydrogens (tertiary/aromatic N) is 1. The van der Waals surface area contributed by atoms with E-state index in [0.29, 0.717) is 6.42 Å². The molecular weight excluding hydrogens is 286 g/mol. The first-order chi connectivity index (χ1) is 10.2. The number of piperidine rings is 1. The zero-order valence-electron chi connectivity index (χ0n) is 11.8. The molecule has 0 spiro atoms. The van der Waals surface area contributed by atoms with Gasteiger partial charge in [0.25, 0.3) is 0 Å². The Kier molecular flexibility index (Phi) is 4.45. The van der Waals surface area contributed by atoms with Gasteiger partial charge >= 0.3 is 0 Å². The van der Waals surface area contributed by atoms with Crippen molar-refractivity contribution in [2.75, 3.05) is 28.4 Å². The normalized spacial score (nSPS) is 22.4. The Bertz CT molecular complexity index is 543. The fraction of sp³-hybridized carbons (Fsp3) is 0.467. The average molecular weight is 305 g/mol. The Morgan fingerprint density at radius 3 is 3.05 bits per heavy atom. The van der Waals surface area contributed by atoms with Crippen LogP contribution in [0.2, 0.25) is 0 Å². The molecule has 2 heterocycles. The molecule has 2 fully saturated rings. The van der Waals surface area contributed by atoms with E-state index < -0.39 is 0 Å². The Morgan fingerprint density at radius 2 is 2.29 bits per heavy atom. The van der Waals surface area contributed by atoms with Crippen molar-refractivity contribution in [1.29, 1.82) is 0 Å². The standard InChI is InChI=1S/C15H19N3O2S/c19-14-6-1-2-7-18(14)12-5-3-4-11(8-12)17-15(20)13-9-21-10-16-13/h3-5,8,13,16H,1-2,6-7,9-10H2,(H,17,20). The molecule has 1 aromatic rings. The van der Waals surface area contributed by atoms with Gasteiger partial charge in [0.15, 0.2) is 0 Å². The quantitative estimate of drug-likeness (QED) is 0.894. The lowest BCUT2D eigenvalue weighted by Crippen LogP contribution is -2.37. The first kappa shape index (κ1) is 14.4. The molecule has 2 amide bonds. The van der Waals surface area contributed by atoms with Crippen LogP contribution in [0.15, 0.2) is 24.3 Å². The van der Waals surface area contributed by atoms with E-state index in [4.69, 9.17) is 0 Å². The van der Waals surface area contributed by atoms with E-state index in [1.165, 1.54) is 0 Å². The van der Waals surface area contributed by atoms with Gasteiger partial charge in [0.05, 0.1) is 6.04 Å². The van der Waals surface area contributed by atoms with Gasteiger partial charge in [-0.3, -0.25) is 14.9 Å². The molecule has 21 heavy (non-hydrogen) atoms. The van der Waals surface area contributed by atoms with Crippen LogP contribution >= 0.6 is 11.8 Å². The highest BCUT2D eigenvalue weighted by Gasteiger charge is 2.23. The van der Waals surface area contributed by atoms with Crippen LogP contribution in [0.3, 0.4) is 0 Å². The molecule has 0 aliphatic carbocycles. The molecule has 1 atom stereocenters. The van der Waals surface area contributed by atoms with Crippen LogP contribution in [0.5, 0.6) is 0 Å². The Labute approximate surface area is 128 Å². The maximum absolute atomic E-state index is 12.1. The van der Waals surface area contributed by atoms with Crippen molar-refractivity contribution in [3.63, 3.8) is 0 Å². The van der Waals surface area contributed by atoms with Gasteiger partial charge in [-0.25, -0.2) is 0 Å². The third-order valence-electron chi connectivity index (χ3n) is 3.78. The Morgan fingerprint density at radius 1 is 1.38 bits per heavy atom. The summed E-state index contributed by atoms with van der Waals surface area (Å²) in [6, 6.07) is 7.41. The molecule has 3 rings (SSSR count). The van der Waals surface area contributed by atoms with E-state index in [1.807, 2.05) is 29.2 Å². The minimum absolute atomic E-state index is 0.0119. The van der Waals surface area contributed by atoms with E-state index in [2.05, 4.69) is 10.6 Å². The van der Waals surface area contributed by atoms with Crippen LogP contribution < -0.4 is 15.5 Å². The predicted octanol–water partition coefficient (Wildman–Crippen LogP) is 1.80. The Hall–Kier alpha value is -1.53. The third-order valence-corrected chi connectivity index (χ3v) is 4.72. The zero-order chi connectivity index (χ0) is 14.7. The van der Waals surface area contributed by atoms with Gasteiger partial charge in [-0.05, 0) is 31.0 Å². The fourth-order valence-electron chi connectivity index (χ4n) is 2.62. The number of thioether (sulfide) groups is 1. The number of hydrogen-bond acceptors (Lipinski definition) is 4. The summed E-state index contributed by atoms with van der Waals surface area (Å²) in [4.78, 5) is 25.9. The number of rotatable bonds is 3. The van der Waals surface area contributed by atoms with Gasteiger partial charge in [0.2, 0.25) is 11.8 Å². The smallest absolute Gasteiger partial charge is 0.242 e. The van der Waals surface area contributed by atoms with Crippen molar-refractivity contribution in [3.8, 4) is 0 Å². The molecule has 0 radical (unpaired) electrons. The lowest BCUT2D eigenvalue weighted by atomic mass is 10.1. The second-order valence-corrected chi connectivity index (χ2v) is 6.34. The van der Waals surface area contributed by atoms with Crippen molar-refractivity contribution in [2.45, 2.75) is 25.3 Å². The lowest BCUT2D eigenvalue weighted by Gasteiger charge is -2.27. The summed E-state index contributed by atoms with van der Waals surface area (Å²) >= 11 is 1.72. The van der Waals surface area contributed by atoms with Crippen molar-refractivity contribution >= 4 is 35.0 Å². The molecule has 112 valence electrons. The van der Waals surface area contributed by atoms with Gasteiger partial charge in [-0.2, -0.15) is 0 Å². The minimum atomic E-state index is -0.129. The molecule has 2 saturated heterocycles. The minimum Gasteiger partial charge on any atom is -0.325 e. The SMILES string of the molecule is O=C(Nc1cccc(N2CCCCC2=O)c1)C1CSCN1. The summed E-state index contributed by atoms with van der Waals surface area (Å²) in [5, 5.41) is 6.07. The summed E-state index contributed by atoms with van der Waals surface area (Å²) in [5.41, 5.74) is 1.61. The average Bonchev–Trinajstić information content (AvgIpc) is 3.02. The molecule has 2 N–H and O–H groups in total. The van der Waals surface area contributed by atoms with E-state index in [1.54, 1.807) is 11.8 Å². The highest BCUT2D eigenvalue weighted by Crippen LogP contribution is 2.24. The van der Waals surface area contributed by atoms with Gasteiger partial charge < -0.3 is 10.2 Å². The molecule has 1 aromatic carbocycles. The number of carbonyl (C=O) groups excluding carboxylic acids is 2. The topological polar surface area (TPSA) is 61.4 Å². The summed E-state index contributed by atoms with van der Waals surface area (Å²) in [6.45, 7) is 0.761. The number of nitrogens with one attached hydrogen (secondary N) is 2. The molecule has 5 nitrogen and oxygen atoms in total. The number of carbonyl (C=O) groups is 2. The van der Waals surface area contributed by atoms with Crippen LogP contribution in [-0.2, 0) is 9.59 Å². The van der Waals surface area contributed by atoms with E-state index >= 15 is 0 Å². The molecule has 2 aliphatic heterocycles. The highest BCUT2D eigenvalue weighted by molar-refractivity contribution is 7.99. The predicted molar refractivity (Wildman–Crippen MR) is 85.5 cm³/mol. The molecule has 0 saturated carbocycles. The second kappa shape index (κ2) is 6.49. The van der Waals surface area contributed by atoms with Crippen LogP contribution in [0.4, 0.5) is 11.4 Å². The molecular formula is C15H19N3O2S. The Balaban J connectivity index is 1.70. The van der Waals surface area contributed by atoms with E-state index in [-0.39, 0.29) is 17.9 Å². The largest absolute Gasteiger partial charge is 0.325 e. The molecule has 0 bridgehead atoms. The van der Waals surface area contributed by atoms with Crippen LogP contribution in [0.25, 0.3) is 0 Å². The number of anilines is 2. The maximum Gasteiger partial charge on any atom is 0.242 e. The summed E-state index contributed by atoms with van der Waals surface area (Å²) in [5.74, 6) is 1.78. The number of hydrogen-bond donors (Lipinski definition) is 2. The zero-order valence-corrected chi connectivity index (χ0v) is 12.6. The number of benzene rings is 1. The summed E-state index contributed by atoms with van der Waals surface area (Å²) < 4.78 is 0. The monoisotopic (exact) mass is 305 g/mol. The molecule has 2 aliphatic rings. The van der Waals surface area contributed by atoms with Crippen molar-refractivity contribution in [1.82, 2.24) is 5.32 Å². The first-order valence-corrected chi connectivity index (χ1v) is 8.42. The van der Waals surface area contributed by atoms with Crippen LogP contribution in [-0.4, -0.2) is 36.0 Å². The van der Waals surface area contributed by atoms with Crippen molar-refractivity contribution in [3.05, 3.63) is 24.3 Å². The van der Waals surface area contributed by atoms with Gasteiger partial charge in [0.1, 0.15) is 0 Å².